The van der Waals surface area contributed by atoms with E-state index in [9.17, 15) is 4.57 Å². The molecular formula is C11H25O3PS. The van der Waals surface area contributed by atoms with Crippen LogP contribution in [0.4, 0.5) is 0 Å². The molecule has 0 aromatic heterocycles. The van der Waals surface area contributed by atoms with Gasteiger partial charge in [0.2, 0.25) is 0 Å². The van der Waals surface area contributed by atoms with Crippen molar-refractivity contribution >= 4 is 18.2 Å². The Morgan fingerprint density at radius 1 is 1.06 bits per heavy atom. The summed E-state index contributed by atoms with van der Waals surface area (Å²) in [4.78, 5) is 0. The molecule has 0 spiro atoms. The lowest BCUT2D eigenvalue weighted by molar-refractivity contribution is 0.156. The molecule has 0 amide bonds. The van der Waals surface area contributed by atoms with Crippen LogP contribution in [-0.2, 0) is 13.6 Å². The first-order chi connectivity index (χ1) is 7.39. The van der Waals surface area contributed by atoms with Gasteiger partial charge in [-0.3, -0.25) is 9.05 Å². The van der Waals surface area contributed by atoms with E-state index in [-0.39, 0.29) is 12.2 Å². The molecule has 0 saturated carbocycles. The van der Waals surface area contributed by atoms with Gasteiger partial charge in [0, 0.05) is 5.75 Å². The maximum absolute atomic E-state index is 12.3. The van der Waals surface area contributed by atoms with Gasteiger partial charge in [-0.15, -0.1) is 0 Å². The van der Waals surface area contributed by atoms with Gasteiger partial charge >= 0.3 is 6.80 Å². The summed E-state index contributed by atoms with van der Waals surface area (Å²) < 4.78 is 23.2. The predicted molar refractivity (Wildman–Crippen MR) is 72.0 cm³/mol. The first-order valence-corrected chi connectivity index (χ1v) is 9.14. The minimum absolute atomic E-state index is 0.0664. The molecule has 16 heavy (non-hydrogen) atoms. The quantitative estimate of drug-likeness (QED) is 0.441. The molecule has 0 aromatic carbocycles. The molecular weight excluding hydrogens is 243 g/mol. The van der Waals surface area contributed by atoms with Gasteiger partial charge in [-0.05, 0) is 45.5 Å². The Balaban J connectivity index is 4.14. The molecule has 0 aromatic rings. The smallest absolute Gasteiger partial charge is 0.298 e. The normalized spacial score (nSPS) is 12.7. The van der Waals surface area contributed by atoms with Crippen molar-refractivity contribution in [2.24, 2.45) is 0 Å². The van der Waals surface area contributed by atoms with Crippen LogP contribution < -0.4 is 0 Å². The van der Waals surface area contributed by atoms with Crippen LogP contribution in [-0.4, -0.2) is 18.0 Å². The highest BCUT2D eigenvalue weighted by molar-refractivity contribution is 8.55. The zero-order valence-corrected chi connectivity index (χ0v) is 12.8. The van der Waals surface area contributed by atoms with Gasteiger partial charge in [-0.2, -0.15) is 0 Å². The third-order valence-corrected chi connectivity index (χ3v) is 5.84. The molecule has 98 valence electrons. The van der Waals surface area contributed by atoms with Crippen LogP contribution in [0, 0.1) is 0 Å². The van der Waals surface area contributed by atoms with Gasteiger partial charge in [0.1, 0.15) is 0 Å². The van der Waals surface area contributed by atoms with Gasteiger partial charge in [-0.1, -0.05) is 19.8 Å². The van der Waals surface area contributed by atoms with Gasteiger partial charge in [0.05, 0.1) is 12.2 Å². The molecule has 0 unspecified atom stereocenters. The third-order valence-electron chi connectivity index (χ3n) is 1.68. The first kappa shape index (κ1) is 16.5. The molecule has 0 aliphatic rings. The van der Waals surface area contributed by atoms with E-state index in [0.29, 0.717) is 0 Å². The molecule has 0 aliphatic heterocycles. The fourth-order valence-corrected chi connectivity index (χ4v) is 5.35. The van der Waals surface area contributed by atoms with Crippen LogP contribution in [0.2, 0.25) is 0 Å². The Morgan fingerprint density at radius 3 is 1.94 bits per heavy atom. The summed E-state index contributed by atoms with van der Waals surface area (Å²) in [6.45, 7) is 6.71. The highest BCUT2D eigenvalue weighted by Gasteiger charge is 2.28. The van der Waals surface area contributed by atoms with E-state index in [1.807, 2.05) is 27.7 Å². The molecule has 0 N–H and O–H groups in total. The standard InChI is InChI=1S/C11H25O3PS/c1-6-7-8-9-16-15(12,13-10(2)3)14-11(4)5/h10-11H,6-9H2,1-5H3. The van der Waals surface area contributed by atoms with Crippen LogP contribution >= 0.6 is 18.2 Å². The van der Waals surface area contributed by atoms with Crippen molar-refractivity contribution in [2.75, 3.05) is 5.75 Å². The van der Waals surface area contributed by atoms with Gasteiger partial charge in [0.15, 0.2) is 0 Å². The number of rotatable bonds is 9. The minimum Gasteiger partial charge on any atom is -0.298 e. The zero-order chi connectivity index (χ0) is 12.6. The summed E-state index contributed by atoms with van der Waals surface area (Å²) in [5.74, 6) is 0.838. The van der Waals surface area contributed by atoms with E-state index in [2.05, 4.69) is 6.92 Å². The summed E-state index contributed by atoms with van der Waals surface area (Å²) >= 11 is 1.33. The zero-order valence-electron chi connectivity index (χ0n) is 11.1. The average Bonchev–Trinajstić information content (AvgIpc) is 2.09. The van der Waals surface area contributed by atoms with E-state index < -0.39 is 6.80 Å². The van der Waals surface area contributed by atoms with Crippen molar-refractivity contribution < 1.29 is 13.6 Å². The molecule has 0 bridgehead atoms. The second kappa shape index (κ2) is 8.57. The average molecular weight is 268 g/mol. The molecule has 5 heteroatoms. The fraction of sp³-hybridized carbons (Fsp3) is 1.00. The van der Waals surface area contributed by atoms with Gasteiger partial charge in [0.25, 0.3) is 0 Å². The molecule has 3 nitrogen and oxygen atoms in total. The summed E-state index contributed by atoms with van der Waals surface area (Å²) in [5.41, 5.74) is 0. The van der Waals surface area contributed by atoms with Gasteiger partial charge < -0.3 is 0 Å². The topological polar surface area (TPSA) is 35.5 Å². The number of hydrogen-bond donors (Lipinski definition) is 0. The van der Waals surface area contributed by atoms with Crippen LogP contribution in [0.1, 0.15) is 53.9 Å². The van der Waals surface area contributed by atoms with Crippen molar-refractivity contribution in [3.05, 3.63) is 0 Å². The summed E-state index contributed by atoms with van der Waals surface area (Å²) in [6, 6.07) is 0. The lowest BCUT2D eigenvalue weighted by Gasteiger charge is -2.21. The van der Waals surface area contributed by atoms with Crippen LogP contribution in [0.15, 0.2) is 0 Å². The molecule has 0 radical (unpaired) electrons. The molecule has 0 saturated heterocycles. The van der Waals surface area contributed by atoms with E-state index in [1.165, 1.54) is 17.8 Å². The molecule has 0 aliphatic carbocycles. The Labute approximate surface area is 104 Å². The van der Waals surface area contributed by atoms with Crippen molar-refractivity contribution in [3.63, 3.8) is 0 Å². The van der Waals surface area contributed by atoms with Crippen LogP contribution in [0.25, 0.3) is 0 Å². The maximum Gasteiger partial charge on any atom is 0.389 e. The SMILES string of the molecule is CCCCCSP(=O)(OC(C)C)OC(C)C. The second-order valence-corrected chi connectivity index (χ2v) is 8.39. The minimum atomic E-state index is -2.96. The highest BCUT2D eigenvalue weighted by Crippen LogP contribution is 2.62. The van der Waals surface area contributed by atoms with E-state index in [4.69, 9.17) is 9.05 Å². The van der Waals surface area contributed by atoms with Crippen molar-refractivity contribution in [3.8, 4) is 0 Å². The second-order valence-electron chi connectivity index (χ2n) is 4.30. The maximum atomic E-state index is 12.3. The van der Waals surface area contributed by atoms with E-state index in [1.54, 1.807) is 0 Å². The molecule has 0 fully saturated rings. The summed E-state index contributed by atoms with van der Waals surface area (Å²) in [6.07, 6.45) is 3.26. The van der Waals surface area contributed by atoms with Crippen LogP contribution in [0.5, 0.6) is 0 Å². The molecule has 0 rings (SSSR count). The van der Waals surface area contributed by atoms with Crippen molar-refractivity contribution in [1.82, 2.24) is 0 Å². The Morgan fingerprint density at radius 2 is 1.56 bits per heavy atom. The number of hydrogen-bond acceptors (Lipinski definition) is 4. The first-order valence-electron chi connectivity index (χ1n) is 6.01. The molecule has 0 atom stereocenters. The predicted octanol–water partition coefficient (Wildman–Crippen LogP) is 4.87. The fourth-order valence-electron chi connectivity index (χ4n) is 1.13. The lowest BCUT2D eigenvalue weighted by Crippen LogP contribution is -2.06. The van der Waals surface area contributed by atoms with Crippen LogP contribution in [0.3, 0.4) is 0 Å². The Bertz CT molecular complexity index is 205. The summed E-state index contributed by atoms with van der Waals surface area (Å²) in [7, 11) is 0. The Kier molecular flexibility index (Phi) is 8.84. The highest BCUT2D eigenvalue weighted by atomic mass is 32.7. The van der Waals surface area contributed by atoms with Crippen molar-refractivity contribution in [2.45, 2.75) is 66.1 Å². The largest absolute Gasteiger partial charge is 0.389 e. The van der Waals surface area contributed by atoms with E-state index in [0.717, 1.165) is 18.6 Å². The van der Waals surface area contributed by atoms with Gasteiger partial charge in [-0.25, -0.2) is 4.57 Å². The summed E-state index contributed by atoms with van der Waals surface area (Å²) in [5, 5.41) is 0. The lowest BCUT2D eigenvalue weighted by atomic mass is 10.3. The number of unbranched alkanes of at least 4 members (excludes halogenated alkanes) is 2. The third kappa shape index (κ3) is 8.63. The monoisotopic (exact) mass is 268 g/mol. The van der Waals surface area contributed by atoms with E-state index >= 15 is 0 Å². The van der Waals surface area contributed by atoms with Crippen molar-refractivity contribution in [1.29, 1.82) is 0 Å². The molecule has 0 heterocycles. The Hall–Kier alpha value is 0.500.